The molecular formula is C17H21N3O4. The topological polar surface area (TPSA) is 84.7 Å². The molecule has 2 aromatic rings. The third-order valence-corrected chi connectivity index (χ3v) is 4.86. The second kappa shape index (κ2) is 6.51. The van der Waals surface area contributed by atoms with Gasteiger partial charge >= 0.3 is 5.97 Å². The molecule has 24 heavy (non-hydrogen) atoms. The number of methoxy groups -OCH3 is 1. The summed E-state index contributed by atoms with van der Waals surface area (Å²) in [5, 5.41) is 14.7. The number of fused-ring (bicyclic) bond motifs is 1. The van der Waals surface area contributed by atoms with Gasteiger partial charge in [0.1, 0.15) is 11.3 Å². The molecule has 1 aromatic carbocycles. The highest BCUT2D eigenvalue weighted by molar-refractivity contribution is 5.96. The lowest BCUT2D eigenvalue weighted by molar-refractivity contribution is -0.119. The SMILES string of the molecule is COc1cc2nn(C3CCC(N(C)C=O)CC3)cc2cc1C(=O)O. The lowest BCUT2D eigenvalue weighted by Crippen LogP contribution is -2.34. The third kappa shape index (κ3) is 2.93. The van der Waals surface area contributed by atoms with E-state index in [1.807, 2.05) is 17.9 Å². The van der Waals surface area contributed by atoms with Crippen molar-refractivity contribution >= 4 is 23.3 Å². The highest BCUT2D eigenvalue weighted by atomic mass is 16.5. The van der Waals surface area contributed by atoms with E-state index in [-0.39, 0.29) is 11.6 Å². The van der Waals surface area contributed by atoms with Crippen LogP contribution in [0, 0.1) is 0 Å². The highest BCUT2D eigenvalue weighted by Crippen LogP contribution is 2.32. The summed E-state index contributed by atoms with van der Waals surface area (Å²) in [4.78, 5) is 23.9. The Bertz CT molecular complexity index is 763. The highest BCUT2D eigenvalue weighted by Gasteiger charge is 2.25. The van der Waals surface area contributed by atoms with Gasteiger partial charge in [-0.1, -0.05) is 0 Å². The van der Waals surface area contributed by atoms with Crippen molar-refractivity contribution in [3.63, 3.8) is 0 Å². The molecule has 7 heteroatoms. The Hall–Kier alpha value is -2.57. The molecule has 0 bridgehead atoms. The number of carbonyl (C=O) groups is 2. The molecule has 0 radical (unpaired) electrons. The van der Waals surface area contributed by atoms with E-state index in [1.165, 1.54) is 7.11 Å². The minimum atomic E-state index is -1.01. The summed E-state index contributed by atoms with van der Waals surface area (Å²) >= 11 is 0. The van der Waals surface area contributed by atoms with E-state index in [1.54, 1.807) is 17.0 Å². The van der Waals surface area contributed by atoms with Gasteiger partial charge in [0.25, 0.3) is 0 Å². The average Bonchev–Trinajstić information content (AvgIpc) is 3.02. The van der Waals surface area contributed by atoms with Gasteiger partial charge in [-0.05, 0) is 31.7 Å². The molecule has 1 aliphatic rings. The van der Waals surface area contributed by atoms with Gasteiger partial charge in [-0.15, -0.1) is 0 Å². The smallest absolute Gasteiger partial charge is 0.339 e. The fourth-order valence-electron chi connectivity index (χ4n) is 3.41. The fraction of sp³-hybridized carbons (Fsp3) is 0.471. The lowest BCUT2D eigenvalue weighted by atomic mass is 9.91. The summed E-state index contributed by atoms with van der Waals surface area (Å²) in [5.41, 5.74) is 0.866. The van der Waals surface area contributed by atoms with Gasteiger partial charge in [-0.3, -0.25) is 9.48 Å². The van der Waals surface area contributed by atoms with Crippen LogP contribution in [0.25, 0.3) is 10.9 Å². The van der Waals surface area contributed by atoms with E-state index >= 15 is 0 Å². The van der Waals surface area contributed by atoms with Crippen molar-refractivity contribution < 1.29 is 19.4 Å². The fourth-order valence-corrected chi connectivity index (χ4v) is 3.41. The first-order chi connectivity index (χ1) is 11.5. The molecule has 128 valence electrons. The Morgan fingerprint density at radius 3 is 2.67 bits per heavy atom. The van der Waals surface area contributed by atoms with Crippen molar-refractivity contribution in [3.05, 3.63) is 23.9 Å². The van der Waals surface area contributed by atoms with Crippen LogP contribution in [-0.2, 0) is 4.79 Å². The number of ether oxygens (including phenoxy) is 1. The molecule has 1 N–H and O–H groups in total. The van der Waals surface area contributed by atoms with Gasteiger partial charge < -0.3 is 14.7 Å². The van der Waals surface area contributed by atoms with Gasteiger partial charge in [0.15, 0.2) is 0 Å². The van der Waals surface area contributed by atoms with Crippen LogP contribution in [0.15, 0.2) is 18.3 Å². The van der Waals surface area contributed by atoms with Crippen LogP contribution in [-0.4, -0.2) is 52.4 Å². The summed E-state index contributed by atoms with van der Waals surface area (Å²) in [6.45, 7) is 0. The molecule has 0 spiro atoms. The Morgan fingerprint density at radius 2 is 2.08 bits per heavy atom. The molecule has 3 rings (SSSR count). The second-order valence-electron chi connectivity index (χ2n) is 6.26. The van der Waals surface area contributed by atoms with Crippen molar-refractivity contribution in [1.29, 1.82) is 0 Å². The van der Waals surface area contributed by atoms with Crippen molar-refractivity contribution in [3.8, 4) is 5.75 Å². The number of hydrogen-bond acceptors (Lipinski definition) is 4. The number of carboxylic acid groups (broad SMARTS) is 1. The summed E-state index contributed by atoms with van der Waals surface area (Å²) in [7, 11) is 3.27. The van der Waals surface area contributed by atoms with Crippen LogP contribution in [0.5, 0.6) is 5.75 Å². The van der Waals surface area contributed by atoms with Gasteiger partial charge in [0, 0.05) is 30.7 Å². The average molecular weight is 331 g/mol. The molecule has 1 saturated carbocycles. The summed E-state index contributed by atoms with van der Waals surface area (Å²) in [6.07, 6.45) is 6.56. The number of carbonyl (C=O) groups excluding carboxylic acids is 1. The van der Waals surface area contributed by atoms with Crippen molar-refractivity contribution in [2.24, 2.45) is 0 Å². The minimum Gasteiger partial charge on any atom is -0.496 e. The first kappa shape index (κ1) is 16.3. The van der Waals surface area contributed by atoms with E-state index in [4.69, 9.17) is 4.74 Å². The number of aromatic carboxylic acids is 1. The molecule has 1 aromatic heterocycles. The van der Waals surface area contributed by atoms with E-state index in [2.05, 4.69) is 5.10 Å². The first-order valence-corrected chi connectivity index (χ1v) is 8.01. The van der Waals surface area contributed by atoms with E-state index < -0.39 is 5.97 Å². The standard InChI is InChI=1S/C17H21N3O4/c1-19(10-21)12-3-5-13(6-4-12)20-9-11-7-14(17(22)23)16(24-2)8-15(11)18-20/h7-10,12-13H,3-6H2,1-2H3,(H,22,23). The first-order valence-electron chi connectivity index (χ1n) is 8.01. The van der Waals surface area contributed by atoms with E-state index in [0.717, 1.165) is 43.0 Å². The largest absolute Gasteiger partial charge is 0.496 e. The Kier molecular flexibility index (Phi) is 4.42. The zero-order valence-electron chi connectivity index (χ0n) is 13.8. The quantitative estimate of drug-likeness (QED) is 0.850. The molecule has 0 unspecified atom stereocenters. The van der Waals surface area contributed by atoms with Gasteiger partial charge in [0.05, 0.1) is 18.7 Å². The van der Waals surface area contributed by atoms with Crippen LogP contribution in [0.2, 0.25) is 0 Å². The second-order valence-corrected chi connectivity index (χ2v) is 6.26. The summed E-state index contributed by atoms with van der Waals surface area (Å²) in [6, 6.07) is 3.84. The molecular weight excluding hydrogens is 310 g/mol. The lowest BCUT2D eigenvalue weighted by Gasteiger charge is -2.32. The van der Waals surface area contributed by atoms with Gasteiger partial charge in [-0.25, -0.2) is 4.79 Å². The summed E-state index contributed by atoms with van der Waals surface area (Å²) < 4.78 is 7.08. The molecule has 1 aliphatic carbocycles. The molecule has 7 nitrogen and oxygen atoms in total. The number of benzene rings is 1. The number of amides is 1. The van der Waals surface area contributed by atoms with Crippen LogP contribution in [0.4, 0.5) is 0 Å². The Morgan fingerprint density at radius 1 is 1.38 bits per heavy atom. The number of hydrogen-bond donors (Lipinski definition) is 1. The monoisotopic (exact) mass is 331 g/mol. The van der Waals surface area contributed by atoms with Crippen LogP contribution in [0.1, 0.15) is 42.1 Å². The zero-order valence-corrected chi connectivity index (χ0v) is 13.8. The van der Waals surface area contributed by atoms with Gasteiger partial charge in [-0.2, -0.15) is 5.10 Å². The molecule has 1 heterocycles. The van der Waals surface area contributed by atoms with Crippen LogP contribution in [0.3, 0.4) is 0 Å². The van der Waals surface area contributed by atoms with Gasteiger partial charge in [0.2, 0.25) is 6.41 Å². The van der Waals surface area contributed by atoms with E-state index in [0.29, 0.717) is 11.8 Å². The number of aromatic nitrogens is 2. The van der Waals surface area contributed by atoms with Crippen LogP contribution >= 0.6 is 0 Å². The maximum Gasteiger partial charge on any atom is 0.339 e. The van der Waals surface area contributed by atoms with Crippen LogP contribution < -0.4 is 4.74 Å². The zero-order chi connectivity index (χ0) is 17.3. The Labute approximate surface area is 139 Å². The number of nitrogens with zero attached hydrogens (tertiary/aromatic N) is 3. The van der Waals surface area contributed by atoms with Crippen molar-refractivity contribution in [1.82, 2.24) is 14.7 Å². The normalized spacial score (nSPS) is 20.8. The molecule has 0 atom stereocenters. The van der Waals surface area contributed by atoms with Crippen molar-refractivity contribution in [2.75, 3.05) is 14.2 Å². The predicted octanol–water partition coefficient (Wildman–Crippen LogP) is 2.31. The van der Waals surface area contributed by atoms with E-state index in [9.17, 15) is 14.7 Å². The molecule has 1 fully saturated rings. The molecule has 1 amide bonds. The third-order valence-electron chi connectivity index (χ3n) is 4.86. The summed E-state index contributed by atoms with van der Waals surface area (Å²) in [5.74, 6) is -0.699. The van der Waals surface area contributed by atoms with Crippen molar-refractivity contribution in [2.45, 2.75) is 37.8 Å². The molecule has 0 aliphatic heterocycles. The molecule has 0 saturated heterocycles. The predicted molar refractivity (Wildman–Crippen MR) is 88.4 cm³/mol. The minimum absolute atomic E-state index is 0.140. The maximum absolute atomic E-state index is 11.3. The number of rotatable bonds is 5. The maximum atomic E-state index is 11.3. The Balaban J connectivity index is 1.84. The number of carboxylic acids is 1.